The van der Waals surface area contributed by atoms with Crippen LogP contribution in [0.5, 0.6) is 5.75 Å². The second-order valence-electron chi connectivity index (χ2n) is 4.07. The van der Waals surface area contributed by atoms with E-state index in [-0.39, 0.29) is 5.75 Å². The number of nitrogens with zero attached hydrogens (tertiary/aromatic N) is 1. The van der Waals surface area contributed by atoms with Gasteiger partial charge in [-0.05, 0) is 18.2 Å². The van der Waals surface area contributed by atoms with Crippen LogP contribution in [0.1, 0.15) is 5.56 Å². The lowest BCUT2D eigenvalue weighted by molar-refractivity contribution is 0.475. The topological polar surface area (TPSA) is 48.4 Å². The van der Waals surface area contributed by atoms with Crippen LogP contribution in [0.4, 0.5) is 5.69 Å². The lowest BCUT2D eigenvalue weighted by Gasteiger charge is -1.94. The van der Waals surface area contributed by atoms with E-state index in [2.05, 4.69) is 16.0 Å². The summed E-state index contributed by atoms with van der Waals surface area (Å²) in [5, 5.41) is 10.5. The van der Waals surface area contributed by atoms with Crippen molar-refractivity contribution >= 4 is 22.8 Å². The standard InChI is InChI=1S/C15H12N2O/c18-13-5-3-4-12(8-13)16-9-11-10-17-15-7-2-1-6-14(11)15/h1-10,17-18H. The van der Waals surface area contributed by atoms with Crippen molar-refractivity contribution in [3.05, 3.63) is 60.3 Å². The van der Waals surface area contributed by atoms with Crippen LogP contribution in [0, 0.1) is 0 Å². The molecule has 1 aromatic heterocycles. The van der Waals surface area contributed by atoms with E-state index in [1.807, 2.05) is 30.5 Å². The molecule has 2 N–H and O–H groups in total. The molecule has 0 aliphatic rings. The first-order valence-corrected chi connectivity index (χ1v) is 5.72. The van der Waals surface area contributed by atoms with Crippen LogP contribution in [0.2, 0.25) is 0 Å². The highest BCUT2D eigenvalue weighted by Gasteiger charge is 1.99. The first-order chi connectivity index (χ1) is 8.83. The van der Waals surface area contributed by atoms with Crippen molar-refractivity contribution < 1.29 is 5.11 Å². The molecule has 3 nitrogen and oxygen atoms in total. The predicted molar refractivity (Wildman–Crippen MR) is 73.7 cm³/mol. The number of aromatic hydroxyl groups is 1. The molecule has 0 aliphatic carbocycles. The van der Waals surface area contributed by atoms with Crippen molar-refractivity contribution in [3.63, 3.8) is 0 Å². The Morgan fingerprint density at radius 1 is 1.06 bits per heavy atom. The molecule has 1 heterocycles. The van der Waals surface area contributed by atoms with E-state index in [0.29, 0.717) is 0 Å². The van der Waals surface area contributed by atoms with Gasteiger partial charge in [0, 0.05) is 34.9 Å². The third-order valence-corrected chi connectivity index (χ3v) is 2.80. The first-order valence-electron chi connectivity index (χ1n) is 5.72. The number of rotatable bonds is 2. The van der Waals surface area contributed by atoms with Crippen LogP contribution in [-0.2, 0) is 0 Å². The number of aromatic nitrogens is 1. The maximum atomic E-state index is 9.36. The van der Waals surface area contributed by atoms with Gasteiger partial charge >= 0.3 is 0 Å². The minimum absolute atomic E-state index is 0.226. The molecular weight excluding hydrogens is 224 g/mol. The minimum atomic E-state index is 0.226. The van der Waals surface area contributed by atoms with Gasteiger partial charge in [0.2, 0.25) is 0 Å². The van der Waals surface area contributed by atoms with Crippen LogP contribution in [-0.4, -0.2) is 16.3 Å². The number of phenolic OH excluding ortho intramolecular Hbond substituents is 1. The van der Waals surface area contributed by atoms with Gasteiger partial charge in [0.25, 0.3) is 0 Å². The minimum Gasteiger partial charge on any atom is -0.508 e. The number of phenols is 1. The van der Waals surface area contributed by atoms with Crippen molar-refractivity contribution in [1.29, 1.82) is 0 Å². The summed E-state index contributed by atoms with van der Waals surface area (Å²) in [5.41, 5.74) is 2.86. The zero-order chi connectivity index (χ0) is 12.4. The summed E-state index contributed by atoms with van der Waals surface area (Å²) >= 11 is 0. The largest absolute Gasteiger partial charge is 0.508 e. The summed E-state index contributed by atoms with van der Waals surface area (Å²) in [6, 6.07) is 15.0. The van der Waals surface area contributed by atoms with Gasteiger partial charge in [-0.3, -0.25) is 4.99 Å². The number of nitrogens with one attached hydrogen (secondary N) is 1. The van der Waals surface area contributed by atoms with E-state index in [1.54, 1.807) is 24.4 Å². The van der Waals surface area contributed by atoms with Crippen LogP contribution in [0.25, 0.3) is 10.9 Å². The number of para-hydroxylation sites is 1. The van der Waals surface area contributed by atoms with E-state index >= 15 is 0 Å². The molecule has 0 atom stereocenters. The highest BCUT2D eigenvalue weighted by Crippen LogP contribution is 2.20. The summed E-state index contributed by atoms with van der Waals surface area (Å²) in [7, 11) is 0. The molecule has 2 aromatic carbocycles. The van der Waals surface area contributed by atoms with E-state index in [9.17, 15) is 5.11 Å². The Bertz CT molecular complexity index is 713. The molecule has 0 unspecified atom stereocenters. The van der Waals surface area contributed by atoms with Gasteiger partial charge in [-0.2, -0.15) is 0 Å². The SMILES string of the molecule is Oc1cccc(N=Cc2c[nH]c3ccccc23)c1. The summed E-state index contributed by atoms with van der Waals surface area (Å²) in [6.45, 7) is 0. The Balaban J connectivity index is 1.97. The van der Waals surface area contributed by atoms with Crippen LogP contribution < -0.4 is 0 Å². The second kappa shape index (κ2) is 4.37. The van der Waals surface area contributed by atoms with Gasteiger partial charge in [0.05, 0.1) is 5.69 Å². The lowest BCUT2D eigenvalue weighted by Crippen LogP contribution is -1.76. The van der Waals surface area contributed by atoms with Crippen LogP contribution >= 0.6 is 0 Å². The monoisotopic (exact) mass is 236 g/mol. The Hall–Kier alpha value is -2.55. The molecule has 18 heavy (non-hydrogen) atoms. The number of aromatic amines is 1. The van der Waals surface area contributed by atoms with Crippen LogP contribution in [0.3, 0.4) is 0 Å². The molecule has 0 amide bonds. The molecular formula is C15H12N2O. The third kappa shape index (κ3) is 1.98. The molecule has 3 aromatic rings. The lowest BCUT2D eigenvalue weighted by atomic mass is 10.2. The van der Waals surface area contributed by atoms with Crippen molar-refractivity contribution in [1.82, 2.24) is 4.98 Å². The maximum Gasteiger partial charge on any atom is 0.117 e. The summed E-state index contributed by atoms with van der Waals surface area (Å²) in [5.74, 6) is 0.226. The molecule has 0 fully saturated rings. The molecule has 0 saturated carbocycles. The molecule has 3 heteroatoms. The van der Waals surface area contributed by atoms with Gasteiger partial charge in [-0.15, -0.1) is 0 Å². The Kier molecular flexibility index (Phi) is 2.57. The van der Waals surface area contributed by atoms with Gasteiger partial charge in [-0.25, -0.2) is 0 Å². The molecule has 0 saturated heterocycles. The first kappa shape index (κ1) is 10.6. The number of fused-ring (bicyclic) bond motifs is 1. The average molecular weight is 236 g/mol. The number of H-pyrrole nitrogens is 1. The highest BCUT2D eigenvalue weighted by atomic mass is 16.3. The smallest absolute Gasteiger partial charge is 0.117 e. The fraction of sp³-hybridized carbons (Fsp3) is 0. The summed E-state index contributed by atoms with van der Waals surface area (Å²) in [6.07, 6.45) is 3.73. The van der Waals surface area contributed by atoms with Crippen molar-refractivity contribution in [2.45, 2.75) is 0 Å². The quantitative estimate of drug-likeness (QED) is 0.656. The molecule has 3 rings (SSSR count). The molecule has 0 spiro atoms. The maximum absolute atomic E-state index is 9.36. The highest BCUT2D eigenvalue weighted by molar-refractivity contribution is 5.99. The number of hydrogen-bond donors (Lipinski definition) is 2. The van der Waals surface area contributed by atoms with Crippen molar-refractivity contribution in [3.8, 4) is 5.75 Å². The van der Waals surface area contributed by atoms with Gasteiger partial charge in [0.1, 0.15) is 5.75 Å². The van der Waals surface area contributed by atoms with E-state index in [1.165, 1.54) is 0 Å². The molecule has 0 aliphatic heterocycles. The zero-order valence-electron chi connectivity index (χ0n) is 9.67. The fourth-order valence-corrected chi connectivity index (χ4v) is 1.92. The van der Waals surface area contributed by atoms with Crippen molar-refractivity contribution in [2.75, 3.05) is 0 Å². The second-order valence-corrected chi connectivity index (χ2v) is 4.07. The molecule has 0 radical (unpaired) electrons. The van der Waals surface area contributed by atoms with E-state index in [4.69, 9.17) is 0 Å². The van der Waals surface area contributed by atoms with E-state index in [0.717, 1.165) is 22.2 Å². The van der Waals surface area contributed by atoms with Gasteiger partial charge in [-0.1, -0.05) is 24.3 Å². The predicted octanol–water partition coefficient (Wildman–Crippen LogP) is 3.62. The third-order valence-electron chi connectivity index (χ3n) is 2.80. The van der Waals surface area contributed by atoms with Gasteiger partial charge in [0.15, 0.2) is 0 Å². The number of benzene rings is 2. The number of hydrogen-bond acceptors (Lipinski definition) is 2. The molecule has 0 bridgehead atoms. The average Bonchev–Trinajstić information content (AvgIpc) is 2.80. The zero-order valence-corrected chi connectivity index (χ0v) is 9.67. The summed E-state index contributed by atoms with van der Waals surface area (Å²) < 4.78 is 0. The van der Waals surface area contributed by atoms with Crippen LogP contribution in [0.15, 0.2) is 59.7 Å². The Labute approximate surface area is 104 Å². The number of aliphatic imine (C=N–C) groups is 1. The van der Waals surface area contributed by atoms with Crippen molar-refractivity contribution in [2.24, 2.45) is 4.99 Å². The van der Waals surface area contributed by atoms with E-state index < -0.39 is 0 Å². The summed E-state index contributed by atoms with van der Waals surface area (Å²) in [4.78, 5) is 7.55. The Morgan fingerprint density at radius 3 is 2.83 bits per heavy atom. The normalized spacial score (nSPS) is 11.3. The Morgan fingerprint density at radius 2 is 1.94 bits per heavy atom. The fourth-order valence-electron chi connectivity index (χ4n) is 1.92. The molecule has 88 valence electrons. The van der Waals surface area contributed by atoms with Gasteiger partial charge < -0.3 is 10.1 Å².